The lowest BCUT2D eigenvalue weighted by Gasteiger charge is -2.34. The van der Waals surface area contributed by atoms with Crippen molar-refractivity contribution >= 4 is 22.6 Å². The molecule has 1 aliphatic heterocycles. The van der Waals surface area contributed by atoms with E-state index in [-0.39, 0.29) is 36.1 Å². The molecule has 0 aliphatic carbocycles. The van der Waals surface area contributed by atoms with E-state index >= 15 is 0 Å². The van der Waals surface area contributed by atoms with E-state index in [2.05, 4.69) is 15.5 Å². The molecule has 1 saturated heterocycles. The third-order valence-electron chi connectivity index (χ3n) is 4.11. The highest BCUT2D eigenvalue weighted by atomic mass is 16.5. The van der Waals surface area contributed by atoms with Crippen molar-refractivity contribution in [3.8, 4) is 0 Å². The second-order valence-corrected chi connectivity index (χ2v) is 6.38. The van der Waals surface area contributed by atoms with E-state index in [1.54, 1.807) is 13.8 Å². The van der Waals surface area contributed by atoms with Gasteiger partial charge in [-0.2, -0.15) is 5.10 Å². The van der Waals surface area contributed by atoms with E-state index in [0.29, 0.717) is 35.3 Å². The van der Waals surface area contributed by atoms with Crippen molar-refractivity contribution in [1.29, 1.82) is 0 Å². The summed E-state index contributed by atoms with van der Waals surface area (Å²) in [5.41, 5.74) is 0.276. The highest BCUT2D eigenvalue weighted by Crippen LogP contribution is 2.28. The SMILES string of the molecule is Cc1n[nH]c(=O)c2c(NC(=O)CN3C[C@H](C)O[C@@H](C)C3)oc(C)c12. The minimum absolute atomic E-state index is 0.0878. The Balaban J connectivity index is 1.79. The van der Waals surface area contributed by atoms with Crippen LogP contribution in [0.5, 0.6) is 0 Å². The van der Waals surface area contributed by atoms with Crippen LogP contribution in [0.1, 0.15) is 25.3 Å². The van der Waals surface area contributed by atoms with Crippen molar-refractivity contribution in [2.75, 3.05) is 25.0 Å². The first-order valence-electron chi connectivity index (χ1n) is 8.01. The summed E-state index contributed by atoms with van der Waals surface area (Å²) in [6, 6.07) is 0. The van der Waals surface area contributed by atoms with Crippen molar-refractivity contribution in [3.63, 3.8) is 0 Å². The normalized spacial score (nSPS) is 22.0. The molecule has 1 amide bonds. The standard InChI is InChI=1S/C16H22N4O4/c1-8-5-20(6-9(2)23-8)7-12(21)17-16-14-13(11(4)24-16)10(3)18-19-15(14)22/h8-9H,5-7H2,1-4H3,(H,17,21)(H,19,22)/t8-,9-/m0/s1. The van der Waals surface area contributed by atoms with E-state index in [9.17, 15) is 9.59 Å². The number of hydrogen-bond donors (Lipinski definition) is 2. The average Bonchev–Trinajstić information content (AvgIpc) is 2.79. The van der Waals surface area contributed by atoms with Gasteiger partial charge in [0.2, 0.25) is 11.8 Å². The van der Waals surface area contributed by atoms with Crippen LogP contribution in [0.15, 0.2) is 9.21 Å². The van der Waals surface area contributed by atoms with Gasteiger partial charge in [-0.3, -0.25) is 19.8 Å². The fourth-order valence-electron chi connectivity index (χ4n) is 3.31. The molecule has 2 N–H and O–H groups in total. The number of aryl methyl sites for hydroxylation is 2. The van der Waals surface area contributed by atoms with Gasteiger partial charge in [0.25, 0.3) is 5.56 Å². The molecule has 130 valence electrons. The molecule has 8 nitrogen and oxygen atoms in total. The zero-order valence-corrected chi connectivity index (χ0v) is 14.3. The van der Waals surface area contributed by atoms with Crippen LogP contribution in [0.25, 0.3) is 10.8 Å². The van der Waals surface area contributed by atoms with Gasteiger partial charge in [0, 0.05) is 13.1 Å². The fourth-order valence-corrected chi connectivity index (χ4v) is 3.31. The van der Waals surface area contributed by atoms with E-state index < -0.39 is 0 Å². The van der Waals surface area contributed by atoms with Gasteiger partial charge in [-0.05, 0) is 27.7 Å². The molecule has 0 aromatic carbocycles. The lowest BCUT2D eigenvalue weighted by molar-refractivity contribution is -0.121. The second-order valence-electron chi connectivity index (χ2n) is 6.38. The monoisotopic (exact) mass is 334 g/mol. The number of H-pyrrole nitrogens is 1. The maximum atomic E-state index is 12.4. The van der Waals surface area contributed by atoms with Crippen LogP contribution in [-0.2, 0) is 9.53 Å². The summed E-state index contributed by atoms with van der Waals surface area (Å²) < 4.78 is 11.3. The molecule has 2 aromatic heterocycles. The fraction of sp³-hybridized carbons (Fsp3) is 0.562. The second kappa shape index (κ2) is 6.37. The molecule has 1 fully saturated rings. The lowest BCUT2D eigenvalue weighted by Crippen LogP contribution is -2.48. The molecule has 3 rings (SSSR count). The average molecular weight is 334 g/mol. The van der Waals surface area contributed by atoms with Crippen molar-refractivity contribution in [2.24, 2.45) is 0 Å². The maximum Gasteiger partial charge on any atom is 0.277 e. The molecule has 3 heterocycles. The van der Waals surface area contributed by atoms with E-state index in [4.69, 9.17) is 9.15 Å². The van der Waals surface area contributed by atoms with Gasteiger partial charge in [-0.15, -0.1) is 0 Å². The van der Waals surface area contributed by atoms with Crippen LogP contribution in [-0.4, -0.2) is 52.8 Å². The Morgan fingerprint density at radius 2 is 1.96 bits per heavy atom. The van der Waals surface area contributed by atoms with Gasteiger partial charge in [-0.25, -0.2) is 5.10 Å². The molecule has 0 bridgehead atoms. The first-order valence-corrected chi connectivity index (χ1v) is 8.01. The van der Waals surface area contributed by atoms with Gasteiger partial charge in [0.1, 0.15) is 11.1 Å². The van der Waals surface area contributed by atoms with Crippen LogP contribution in [0.2, 0.25) is 0 Å². The minimum Gasteiger partial charge on any atom is -0.444 e. The van der Waals surface area contributed by atoms with Gasteiger partial charge in [-0.1, -0.05) is 0 Å². The number of carbonyl (C=O) groups excluding carboxylic acids is 1. The van der Waals surface area contributed by atoms with Gasteiger partial charge in [0.05, 0.1) is 29.8 Å². The Hall–Kier alpha value is -2.19. The highest BCUT2D eigenvalue weighted by Gasteiger charge is 2.25. The van der Waals surface area contributed by atoms with Crippen molar-refractivity contribution in [3.05, 3.63) is 21.8 Å². The summed E-state index contributed by atoms with van der Waals surface area (Å²) in [4.78, 5) is 26.5. The minimum atomic E-state index is -0.378. The van der Waals surface area contributed by atoms with Gasteiger partial charge in [0.15, 0.2) is 0 Å². The van der Waals surface area contributed by atoms with Crippen LogP contribution in [0.4, 0.5) is 5.88 Å². The Morgan fingerprint density at radius 3 is 2.62 bits per heavy atom. The molecule has 1 aliphatic rings. The predicted octanol–water partition coefficient (Wildman–Crippen LogP) is 1.18. The van der Waals surface area contributed by atoms with E-state index in [1.807, 2.05) is 18.7 Å². The summed E-state index contributed by atoms with van der Waals surface area (Å²) in [6.45, 7) is 9.11. The van der Waals surface area contributed by atoms with Crippen LogP contribution >= 0.6 is 0 Å². The van der Waals surface area contributed by atoms with Crippen LogP contribution in [0.3, 0.4) is 0 Å². The number of nitrogens with zero attached hydrogens (tertiary/aromatic N) is 2. The first kappa shape index (κ1) is 16.7. The number of fused-ring (bicyclic) bond motifs is 1. The number of nitrogens with one attached hydrogen (secondary N) is 2. The van der Waals surface area contributed by atoms with Crippen molar-refractivity contribution in [1.82, 2.24) is 15.1 Å². The molecule has 0 saturated carbocycles. The molecule has 2 aromatic rings. The topological polar surface area (TPSA) is 100 Å². The number of amides is 1. The number of morpholine rings is 1. The predicted molar refractivity (Wildman–Crippen MR) is 89.2 cm³/mol. The van der Waals surface area contributed by atoms with Gasteiger partial charge < -0.3 is 9.15 Å². The summed E-state index contributed by atoms with van der Waals surface area (Å²) in [6.07, 6.45) is 0.176. The number of anilines is 1. The van der Waals surface area contributed by atoms with Crippen LogP contribution in [0, 0.1) is 13.8 Å². The molecule has 0 spiro atoms. The number of aromatic amines is 1. The Bertz CT molecular complexity index is 815. The number of rotatable bonds is 3. The smallest absolute Gasteiger partial charge is 0.277 e. The molecule has 24 heavy (non-hydrogen) atoms. The third-order valence-corrected chi connectivity index (χ3v) is 4.11. The zero-order chi connectivity index (χ0) is 17.4. The van der Waals surface area contributed by atoms with Gasteiger partial charge >= 0.3 is 0 Å². The summed E-state index contributed by atoms with van der Waals surface area (Å²) in [5, 5.41) is 10.0. The lowest BCUT2D eigenvalue weighted by atomic mass is 10.2. The van der Waals surface area contributed by atoms with Crippen molar-refractivity contribution in [2.45, 2.75) is 39.9 Å². The Labute approximate surface area is 139 Å². The molecule has 0 radical (unpaired) electrons. The maximum absolute atomic E-state index is 12.4. The highest BCUT2D eigenvalue weighted by molar-refractivity contribution is 6.01. The number of carbonyl (C=O) groups is 1. The number of furan rings is 1. The van der Waals surface area contributed by atoms with E-state index in [1.165, 1.54) is 0 Å². The Kier molecular flexibility index (Phi) is 4.42. The number of hydrogen-bond acceptors (Lipinski definition) is 6. The Morgan fingerprint density at radius 1 is 1.29 bits per heavy atom. The zero-order valence-electron chi connectivity index (χ0n) is 14.3. The summed E-state index contributed by atoms with van der Waals surface area (Å²) in [7, 11) is 0. The molecule has 2 atom stereocenters. The molecular formula is C16H22N4O4. The van der Waals surface area contributed by atoms with Crippen molar-refractivity contribution < 1.29 is 13.9 Å². The summed E-state index contributed by atoms with van der Waals surface area (Å²) >= 11 is 0. The number of ether oxygens (including phenoxy) is 1. The molecule has 0 unspecified atom stereocenters. The molecule has 8 heteroatoms. The third kappa shape index (κ3) is 3.20. The number of aromatic nitrogens is 2. The first-order chi connectivity index (χ1) is 11.3. The summed E-state index contributed by atoms with van der Waals surface area (Å²) in [5.74, 6) is 0.513. The quantitative estimate of drug-likeness (QED) is 0.874. The largest absolute Gasteiger partial charge is 0.444 e. The molecular weight excluding hydrogens is 312 g/mol. The van der Waals surface area contributed by atoms with E-state index in [0.717, 1.165) is 0 Å². The van der Waals surface area contributed by atoms with Crippen LogP contribution < -0.4 is 10.9 Å².